The number of hydrogen-bond acceptors (Lipinski definition) is 4. The third-order valence-corrected chi connectivity index (χ3v) is 7.72. The first-order chi connectivity index (χ1) is 8.98. The number of hydrogen-bond donors (Lipinski definition) is 1. The molecular formula is C12H24N2O3S2. The molecule has 112 valence electrons. The molecule has 0 aromatic carbocycles. The topological polar surface area (TPSA) is 60.9 Å². The minimum atomic E-state index is -3.44. The Balaban J connectivity index is 2.20. The molecule has 5 nitrogen and oxygen atoms in total. The predicted octanol–water partition coefficient (Wildman–Crippen LogP) is 0.904. The van der Waals surface area contributed by atoms with E-state index >= 15 is 0 Å². The normalized spacial score (nSPS) is 35.4. The van der Waals surface area contributed by atoms with Crippen LogP contribution in [0.1, 0.15) is 33.1 Å². The van der Waals surface area contributed by atoms with Crippen molar-refractivity contribution in [3.8, 4) is 0 Å². The quantitative estimate of drug-likeness (QED) is 0.842. The van der Waals surface area contributed by atoms with Crippen molar-refractivity contribution in [2.45, 2.75) is 50.4 Å². The molecule has 2 aliphatic rings. The summed E-state index contributed by atoms with van der Waals surface area (Å²) in [5.41, 5.74) is 0. The molecule has 0 spiro atoms. The van der Waals surface area contributed by atoms with Crippen LogP contribution in [-0.2, 0) is 10.2 Å². The second-order valence-corrected chi connectivity index (χ2v) is 8.70. The Labute approximate surface area is 120 Å². The highest BCUT2D eigenvalue weighted by Crippen LogP contribution is 2.30. The lowest BCUT2D eigenvalue weighted by atomic mass is 10.1. The summed E-state index contributed by atoms with van der Waals surface area (Å²) in [7, 11) is -3.44. The van der Waals surface area contributed by atoms with Gasteiger partial charge in [0.2, 0.25) is 0 Å². The minimum Gasteiger partial charge on any atom is -0.395 e. The zero-order chi connectivity index (χ0) is 14.0. The summed E-state index contributed by atoms with van der Waals surface area (Å²) in [5.74, 6) is 0.850. The number of nitrogens with zero attached hydrogens (tertiary/aromatic N) is 2. The number of piperidine rings is 1. The Morgan fingerprint density at radius 1 is 1.21 bits per heavy atom. The van der Waals surface area contributed by atoms with Crippen LogP contribution in [0.2, 0.25) is 0 Å². The second kappa shape index (κ2) is 6.30. The third-order valence-electron chi connectivity index (χ3n) is 4.20. The first kappa shape index (κ1) is 15.6. The molecule has 0 amide bonds. The highest BCUT2D eigenvalue weighted by Gasteiger charge is 2.40. The van der Waals surface area contributed by atoms with E-state index in [9.17, 15) is 13.5 Å². The molecular weight excluding hydrogens is 284 g/mol. The van der Waals surface area contributed by atoms with Crippen LogP contribution in [0.5, 0.6) is 0 Å². The molecule has 0 aromatic rings. The van der Waals surface area contributed by atoms with Crippen LogP contribution in [0.4, 0.5) is 0 Å². The highest BCUT2D eigenvalue weighted by atomic mass is 32.2. The highest BCUT2D eigenvalue weighted by molar-refractivity contribution is 8.00. The van der Waals surface area contributed by atoms with Crippen molar-refractivity contribution in [2.24, 2.45) is 0 Å². The number of aliphatic hydroxyl groups excluding tert-OH is 1. The molecule has 3 unspecified atom stereocenters. The average molecular weight is 308 g/mol. The molecule has 0 saturated carbocycles. The van der Waals surface area contributed by atoms with E-state index in [2.05, 4.69) is 6.92 Å². The summed E-state index contributed by atoms with van der Waals surface area (Å²) in [5, 5.41) is 9.73. The fourth-order valence-electron chi connectivity index (χ4n) is 2.83. The lowest BCUT2D eigenvalue weighted by Gasteiger charge is -2.42. The van der Waals surface area contributed by atoms with Gasteiger partial charge in [-0.25, -0.2) is 0 Å². The Morgan fingerprint density at radius 3 is 2.63 bits per heavy atom. The maximum atomic E-state index is 12.8. The maximum absolute atomic E-state index is 12.8. The van der Waals surface area contributed by atoms with Crippen LogP contribution < -0.4 is 0 Å². The number of aliphatic hydroxyl groups is 1. The molecule has 0 bridgehead atoms. The van der Waals surface area contributed by atoms with Crippen molar-refractivity contribution in [1.29, 1.82) is 0 Å². The number of rotatable bonds is 3. The van der Waals surface area contributed by atoms with Crippen molar-refractivity contribution >= 4 is 22.0 Å². The van der Waals surface area contributed by atoms with Gasteiger partial charge >= 0.3 is 0 Å². The van der Waals surface area contributed by atoms with Gasteiger partial charge in [-0.1, -0.05) is 13.3 Å². The molecule has 7 heteroatoms. The summed E-state index contributed by atoms with van der Waals surface area (Å²) in [6.07, 6.45) is 2.66. The van der Waals surface area contributed by atoms with Gasteiger partial charge < -0.3 is 5.11 Å². The van der Waals surface area contributed by atoms with Crippen LogP contribution in [0.15, 0.2) is 0 Å². The first-order valence-corrected chi connectivity index (χ1v) is 9.44. The number of thioether (sulfide) groups is 1. The molecule has 2 fully saturated rings. The molecule has 0 aromatic heterocycles. The van der Waals surface area contributed by atoms with Gasteiger partial charge in [0.05, 0.1) is 6.61 Å². The van der Waals surface area contributed by atoms with Crippen molar-refractivity contribution in [3.05, 3.63) is 0 Å². The molecule has 0 aliphatic carbocycles. The zero-order valence-electron chi connectivity index (χ0n) is 11.7. The standard InChI is InChI=1S/C12H24N2O3S2/c1-10-11(2)18-8-7-13(10)19(16,17)14-6-4-3-5-12(14)9-15/h10-12,15H,3-9H2,1-2H3. The fourth-order valence-corrected chi connectivity index (χ4v) is 6.22. The smallest absolute Gasteiger partial charge is 0.282 e. The van der Waals surface area contributed by atoms with Crippen LogP contribution in [-0.4, -0.2) is 64.9 Å². The zero-order valence-corrected chi connectivity index (χ0v) is 13.3. The lowest BCUT2D eigenvalue weighted by molar-refractivity contribution is 0.145. The largest absolute Gasteiger partial charge is 0.395 e. The lowest BCUT2D eigenvalue weighted by Crippen LogP contribution is -2.57. The Morgan fingerprint density at radius 2 is 1.95 bits per heavy atom. The maximum Gasteiger partial charge on any atom is 0.282 e. The van der Waals surface area contributed by atoms with Crippen molar-refractivity contribution in [3.63, 3.8) is 0 Å². The van der Waals surface area contributed by atoms with Gasteiger partial charge in [-0.2, -0.15) is 28.8 Å². The first-order valence-electron chi connectivity index (χ1n) is 6.99. The molecule has 2 saturated heterocycles. The molecule has 0 radical (unpaired) electrons. The molecule has 2 heterocycles. The van der Waals surface area contributed by atoms with Gasteiger partial charge in [0, 0.05) is 36.2 Å². The monoisotopic (exact) mass is 308 g/mol. The Hall–Kier alpha value is 0.180. The van der Waals surface area contributed by atoms with E-state index in [1.165, 1.54) is 4.31 Å². The molecule has 19 heavy (non-hydrogen) atoms. The molecule has 1 N–H and O–H groups in total. The average Bonchev–Trinajstić information content (AvgIpc) is 2.41. The third kappa shape index (κ3) is 3.10. The summed E-state index contributed by atoms with van der Waals surface area (Å²) < 4.78 is 28.7. The van der Waals surface area contributed by atoms with E-state index in [-0.39, 0.29) is 18.7 Å². The summed E-state index contributed by atoms with van der Waals surface area (Å²) in [6, 6.07) is -0.221. The van der Waals surface area contributed by atoms with E-state index in [4.69, 9.17) is 0 Å². The minimum absolute atomic E-state index is 0.0185. The predicted molar refractivity (Wildman–Crippen MR) is 78.4 cm³/mol. The fraction of sp³-hybridized carbons (Fsp3) is 1.00. The molecule has 3 atom stereocenters. The molecule has 2 rings (SSSR count). The SMILES string of the molecule is CC1SCCN(S(=O)(=O)N2CCCCC2CO)C1C. The van der Waals surface area contributed by atoms with E-state index in [0.717, 1.165) is 25.0 Å². The van der Waals surface area contributed by atoms with Crippen LogP contribution in [0, 0.1) is 0 Å². The molecule has 2 aliphatic heterocycles. The van der Waals surface area contributed by atoms with Gasteiger partial charge in [0.25, 0.3) is 10.2 Å². The van der Waals surface area contributed by atoms with Crippen molar-refractivity contribution in [2.75, 3.05) is 25.4 Å². The summed E-state index contributed by atoms with van der Waals surface area (Å²) in [4.78, 5) is 0. The van der Waals surface area contributed by atoms with Crippen LogP contribution in [0.25, 0.3) is 0 Å². The van der Waals surface area contributed by atoms with E-state index < -0.39 is 10.2 Å². The van der Waals surface area contributed by atoms with Gasteiger partial charge in [0.15, 0.2) is 0 Å². The Bertz CT molecular complexity index is 388. The van der Waals surface area contributed by atoms with Crippen molar-refractivity contribution < 1.29 is 13.5 Å². The van der Waals surface area contributed by atoms with E-state index in [1.54, 1.807) is 4.31 Å². The van der Waals surface area contributed by atoms with Crippen LogP contribution in [0.3, 0.4) is 0 Å². The second-order valence-electron chi connectivity index (χ2n) is 5.38. The van der Waals surface area contributed by atoms with Crippen molar-refractivity contribution in [1.82, 2.24) is 8.61 Å². The van der Waals surface area contributed by atoms with Gasteiger partial charge in [0.1, 0.15) is 0 Å². The summed E-state index contributed by atoms with van der Waals surface area (Å²) >= 11 is 1.83. The van der Waals surface area contributed by atoms with Gasteiger partial charge in [-0.3, -0.25) is 0 Å². The van der Waals surface area contributed by atoms with Gasteiger partial charge in [-0.15, -0.1) is 0 Å². The van der Waals surface area contributed by atoms with Gasteiger partial charge in [-0.05, 0) is 19.8 Å². The van der Waals surface area contributed by atoms with Crippen LogP contribution >= 0.6 is 11.8 Å². The Kier molecular flexibility index (Phi) is 5.16. The van der Waals surface area contributed by atoms with E-state index in [1.807, 2.05) is 18.7 Å². The summed E-state index contributed by atoms with van der Waals surface area (Å²) in [6.45, 7) is 5.10. The van der Waals surface area contributed by atoms with E-state index in [0.29, 0.717) is 18.3 Å².